The summed E-state index contributed by atoms with van der Waals surface area (Å²) in [4.78, 5) is 10.8. The van der Waals surface area contributed by atoms with E-state index >= 15 is 0 Å². The third kappa shape index (κ3) is 7.11. The number of carbonyl (C=O) groups excluding carboxylic acids is 1. The number of primary amides is 1. The lowest BCUT2D eigenvalue weighted by molar-refractivity contribution is -0.128. The molecular weight excluding hydrogens is 194 g/mol. The molecule has 0 heterocycles. The molecule has 0 aromatic rings. The van der Waals surface area contributed by atoms with Gasteiger partial charge in [-0.05, 0) is 18.8 Å². The molecule has 88 valence electrons. The Hall–Kier alpha value is -0.870. The van der Waals surface area contributed by atoms with Crippen LogP contribution in [0.3, 0.4) is 0 Å². The fourth-order valence-corrected chi connectivity index (χ4v) is 1.15. The van der Waals surface area contributed by atoms with Gasteiger partial charge in [0.25, 0.3) is 0 Å². The molecule has 4 nitrogen and oxygen atoms in total. The molecule has 0 saturated heterocycles. The van der Waals surface area contributed by atoms with Crippen molar-refractivity contribution in [2.45, 2.75) is 38.9 Å². The second kappa shape index (κ2) is 7.43. The largest absolute Gasteiger partial charge is 0.389 e. The maximum atomic E-state index is 10.8. The number of allylic oxidation sites excluding steroid dienone is 1. The minimum atomic E-state index is -0.605. The number of methoxy groups -OCH3 is 1. The summed E-state index contributed by atoms with van der Waals surface area (Å²) in [5.41, 5.74) is 5.09. The molecule has 1 amide bonds. The summed E-state index contributed by atoms with van der Waals surface area (Å²) in [7, 11) is 1.44. The van der Waals surface area contributed by atoms with Gasteiger partial charge in [-0.15, -0.1) is 0 Å². The van der Waals surface area contributed by atoms with E-state index in [9.17, 15) is 9.90 Å². The average molecular weight is 215 g/mol. The zero-order valence-electron chi connectivity index (χ0n) is 9.64. The molecule has 0 rings (SSSR count). The second-order valence-electron chi connectivity index (χ2n) is 3.90. The van der Waals surface area contributed by atoms with Gasteiger partial charge >= 0.3 is 0 Å². The third-order valence-corrected chi connectivity index (χ3v) is 2.04. The van der Waals surface area contributed by atoms with E-state index < -0.39 is 18.1 Å². The van der Waals surface area contributed by atoms with Gasteiger partial charge in [0, 0.05) is 7.11 Å². The highest BCUT2D eigenvalue weighted by molar-refractivity contribution is 5.78. The summed E-state index contributed by atoms with van der Waals surface area (Å²) in [5.74, 6) is -0.0773. The van der Waals surface area contributed by atoms with E-state index in [1.165, 1.54) is 7.11 Å². The van der Waals surface area contributed by atoms with Gasteiger partial charge in [-0.2, -0.15) is 0 Å². The van der Waals surface area contributed by atoms with Crippen LogP contribution < -0.4 is 5.73 Å². The molecule has 0 aromatic heterocycles. The number of amides is 1. The van der Waals surface area contributed by atoms with E-state index in [-0.39, 0.29) is 0 Å². The van der Waals surface area contributed by atoms with Crippen LogP contribution in [0.5, 0.6) is 0 Å². The van der Waals surface area contributed by atoms with E-state index in [1.54, 1.807) is 6.08 Å². The van der Waals surface area contributed by atoms with Gasteiger partial charge in [0.1, 0.15) is 6.10 Å². The topological polar surface area (TPSA) is 72.6 Å². The summed E-state index contributed by atoms with van der Waals surface area (Å²) >= 11 is 0. The Bertz CT molecular complexity index is 214. The Balaban J connectivity index is 3.88. The molecule has 0 spiro atoms. The van der Waals surface area contributed by atoms with E-state index in [4.69, 9.17) is 10.5 Å². The molecule has 15 heavy (non-hydrogen) atoms. The average Bonchev–Trinajstić information content (AvgIpc) is 2.15. The standard InChI is InChI=1S/C11H21NO3/c1-8(2)4-5-9(13)6-7-10(15-3)11(12)14/h4-5,8-10,13H,6-7H2,1-3H3,(H2,12,14)/b5-4+. The molecule has 0 aliphatic rings. The molecule has 2 atom stereocenters. The van der Waals surface area contributed by atoms with Crippen molar-refractivity contribution < 1.29 is 14.6 Å². The number of hydrogen-bond donors (Lipinski definition) is 2. The van der Waals surface area contributed by atoms with Crippen molar-refractivity contribution in [2.24, 2.45) is 11.7 Å². The highest BCUT2D eigenvalue weighted by Gasteiger charge is 2.14. The highest BCUT2D eigenvalue weighted by atomic mass is 16.5. The zero-order valence-corrected chi connectivity index (χ0v) is 9.64. The van der Waals surface area contributed by atoms with Gasteiger partial charge in [0.05, 0.1) is 6.10 Å². The van der Waals surface area contributed by atoms with Gasteiger partial charge in [0.15, 0.2) is 0 Å². The quantitative estimate of drug-likeness (QED) is 0.618. The Kier molecular flexibility index (Phi) is 6.99. The Morgan fingerprint density at radius 2 is 2.00 bits per heavy atom. The van der Waals surface area contributed by atoms with Gasteiger partial charge in [0.2, 0.25) is 5.91 Å². The molecule has 3 N–H and O–H groups in total. The van der Waals surface area contributed by atoms with Crippen LogP contribution in [0.4, 0.5) is 0 Å². The van der Waals surface area contributed by atoms with Crippen LogP contribution >= 0.6 is 0 Å². The first kappa shape index (κ1) is 14.1. The number of aliphatic hydroxyl groups excluding tert-OH is 1. The maximum Gasteiger partial charge on any atom is 0.246 e. The van der Waals surface area contributed by atoms with Crippen LogP contribution in [0.2, 0.25) is 0 Å². The molecule has 0 bridgehead atoms. The minimum absolute atomic E-state index is 0.411. The summed E-state index contributed by atoms with van der Waals surface area (Å²) in [6.07, 6.45) is 3.44. The summed E-state index contributed by atoms with van der Waals surface area (Å²) in [5, 5.41) is 9.53. The Morgan fingerprint density at radius 3 is 2.40 bits per heavy atom. The molecule has 2 unspecified atom stereocenters. The van der Waals surface area contributed by atoms with Crippen molar-refractivity contribution >= 4 is 5.91 Å². The number of rotatable bonds is 7. The molecule has 0 radical (unpaired) electrons. The number of nitrogens with two attached hydrogens (primary N) is 1. The van der Waals surface area contributed by atoms with Gasteiger partial charge in [-0.1, -0.05) is 26.0 Å². The number of carbonyl (C=O) groups is 1. The highest BCUT2D eigenvalue weighted by Crippen LogP contribution is 2.06. The first-order valence-electron chi connectivity index (χ1n) is 5.15. The van der Waals surface area contributed by atoms with Crippen molar-refractivity contribution in [1.29, 1.82) is 0 Å². The molecule has 0 saturated carbocycles. The van der Waals surface area contributed by atoms with Gasteiger partial charge in [-0.3, -0.25) is 4.79 Å². The predicted molar refractivity (Wildman–Crippen MR) is 59.2 cm³/mol. The van der Waals surface area contributed by atoms with Gasteiger partial charge in [-0.25, -0.2) is 0 Å². The zero-order chi connectivity index (χ0) is 11.8. The van der Waals surface area contributed by atoms with E-state index in [2.05, 4.69) is 0 Å². The van der Waals surface area contributed by atoms with Crippen LogP contribution in [-0.2, 0) is 9.53 Å². The van der Waals surface area contributed by atoms with E-state index in [0.29, 0.717) is 18.8 Å². The molecule has 0 aliphatic heterocycles. The van der Waals surface area contributed by atoms with Crippen molar-refractivity contribution in [3.05, 3.63) is 12.2 Å². The number of ether oxygens (including phenoxy) is 1. The summed E-state index contributed by atoms with van der Waals surface area (Å²) in [6, 6.07) is 0. The molecule has 0 fully saturated rings. The lowest BCUT2D eigenvalue weighted by Crippen LogP contribution is -2.30. The summed E-state index contributed by atoms with van der Waals surface area (Å²) in [6.45, 7) is 4.06. The monoisotopic (exact) mass is 215 g/mol. The van der Waals surface area contributed by atoms with Crippen LogP contribution in [0.15, 0.2) is 12.2 Å². The third-order valence-electron chi connectivity index (χ3n) is 2.04. The molecule has 0 aromatic carbocycles. The molecule has 0 aliphatic carbocycles. The minimum Gasteiger partial charge on any atom is -0.389 e. The number of aliphatic hydroxyl groups is 1. The van der Waals surface area contributed by atoms with Crippen molar-refractivity contribution in [2.75, 3.05) is 7.11 Å². The van der Waals surface area contributed by atoms with Crippen molar-refractivity contribution in [1.82, 2.24) is 0 Å². The van der Waals surface area contributed by atoms with Crippen LogP contribution in [0.25, 0.3) is 0 Å². The van der Waals surface area contributed by atoms with Crippen LogP contribution in [0, 0.1) is 5.92 Å². The maximum absolute atomic E-state index is 10.8. The first-order chi connectivity index (χ1) is 6.97. The van der Waals surface area contributed by atoms with Crippen molar-refractivity contribution in [3.63, 3.8) is 0 Å². The second-order valence-corrected chi connectivity index (χ2v) is 3.90. The Labute approximate surface area is 91.1 Å². The SMILES string of the molecule is COC(CCC(O)/C=C/C(C)C)C(N)=O. The Morgan fingerprint density at radius 1 is 1.40 bits per heavy atom. The van der Waals surface area contributed by atoms with Crippen LogP contribution in [0.1, 0.15) is 26.7 Å². The summed E-state index contributed by atoms with van der Waals surface area (Å²) < 4.78 is 4.88. The smallest absolute Gasteiger partial charge is 0.246 e. The van der Waals surface area contributed by atoms with E-state index in [1.807, 2.05) is 19.9 Å². The molecule has 4 heteroatoms. The lowest BCUT2D eigenvalue weighted by Gasteiger charge is -2.12. The normalized spacial score (nSPS) is 15.8. The predicted octanol–water partition coefficient (Wildman–Crippen LogP) is 0.840. The van der Waals surface area contributed by atoms with Crippen molar-refractivity contribution in [3.8, 4) is 0 Å². The number of hydrogen-bond acceptors (Lipinski definition) is 3. The molecular formula is C11H21NO3. The lowest BCUT2D eigenvalue weighted by atomic mass is 10.1. The van der Waals surface area contributed by atoms with Crippen LogP contribution in [-0.4, -0.2) is 30.3 Å². The fraction of sp³-hybridized carbons (Fsp3) is 0.727. The van der Waals surface area contributed by atoms with E-state index in [0.717, 1.165) is 0 Å². The first-order valence-corrected chi connectivity index (χ1v) is 5.15. The van der Waals surface area contributed by atoms with Gasteiger partial charge < -0.3 is 15.6 Å². The fourth-order valence-electron chi connectivity index (χ4n) is 1.15.